The number of rotatable bonds is 9. The number of morpholine rings is 1. The molecule has 0 aromatic carbocycles. The average molecular weight is 506 g/mol. The highest BCUT2D eigenvalue weighted by Crippen LogP contribution is 2.69. The van der Waals surface area contributed by atoms with Crippen molar-refractivity contribution in [1.29, 1.82) is 0 Å². The second kappa shape index (κ2) is 8.25. The first-order valence-electron chi connectivity index (χ1n) is 13.8. The number of hydrogen-bond acceptors (Lipinski definition) is 5. The molecule has 0 unspecified atom stereocenters. The molecule has 0 spiro atoms. The maximum absolute atomic E-state index is 6.04. The van der Waals surface area contributed by atoms with E-state index >= 15 is 0 Å². The zero-order valence-corrected chi connectivity index (χ0v) is 23.0. The van der Waals surface area contributed by atoms with Crippen LogP contribution in [0.2, 0.25) is 25.7 Å². The summed E-state index contributed by atoms with van der Waals surface area (Å²) in [5.74, 6) is 1.94. The molecule has 4 saturated carbocycles. The van der Waals surface area contributed by atoms with Gasteiger partial charge in [-0.25, -0.2) is 4.98 Å². The molecule has 2 bridgehead atoms. The van der Waals surface area contributed by atoms with Gasteiger partial charge < -0.3 is 18.6 Å². The molecule has 36 heavy (non-hydrogen) atoms. The Balaban J connectivity index is 1.12. The Labute approximate surface area is 214 Å². The van der Waals surface area contributed by atoms with Crippen LogP contribution >= 0.6 is 0 Å². The van der Waals surface area contributed by atoms with Crippen LogP contribution in [0.3, 0.4) is 0 Å². The van der Waals surface area contributed by atoms with Gasteiger partial charge >= 0.3 is 0 Å². The lowest BCUT2D eigenvalue weighted by Gasteiger charge is -2.74. The summed E-state index contributed by atoms with van der Waals surface area (Å²) in [6, 6.07) is 5.53. The number of pyridine rings is 1. The zero-order chi connectivity index (χ0) is 24.5. The van der Waals surface area contributed by atoms with Gasteiger partial charge in [-0.1, -0.05) is 19.6 Å². The Kier molecular flexibility index (Phi) is 5.30. The second-order valence-corrected chi connectivity index (χ2v) is 18.6. The van der Waals surface area contributed by atoms with E-state index in [9.17, 15) is 0 Å². The molecule has 1 saturated heterocycles. The predicted molar refractivity (Wildman–Crippen MR) is 144 cm³/mol. The van der Waals surface area contributed by atoms with Gasteiger partial charge in [0.25, 0.3) is 0 Å². The normalized spacial score (nSPS) is 28.3. The van der Waals surface area contributed by atoms with Crippen LogP contribution in [0.1, 0.15) is 43.8 Å². The largest absolute Gasteiger partial charge is 0.379 e. The molecule has 5 fully saturated rings. The molecule has 8 rings (SSSR count). The van der Waals surface area contributed by atoms with E-state index in [4.69, 9.17) is 19.4 Å². The summed E-state index contributed by atoms with van der Waals surface area (Å²) in [6.45, 7) is 12.5. The molecule has 3 aromatic heterocycles. The van der Waals surface area contributed by atoms with Gasteiger partial charge in [0.1, 0.15) is 12.6 Å². The highest BCUT2D eigenvalue weighted by Gasteiger charge is 2.71. The van der Waals surface area contributed by atoms with E-state index < -0.39 is 8.07 Å². The fourth-order valence-corrected chi connectivity index (χ4v) is 7.47. The topological polar surface area (TPSA) is 57.3 Å². The molecule has 0 amide bonds. The van der Waals surface area contributed by atoms with Gasteiger partial charge in [-0.3, -0.25) is 9.88 Å². The summed E-state index contributed by atoms with van der Waals surface area (Å²) in [5.41, 5.74) is 5.03. The van der Waals surface area contributed by atoms with Crippen molar-refractivity contribution in [1.82, 2.24) is 24.0 Å². The Morgan fingerprint density at radius 2 is 1.89 bits per heavy atom. The third-order valence-electron chi connectivity index (χ3n) is 8.98. The van der Waals surface area contributed by atoms with E-state index in [1.165, 1.54) is 44.0 Å². The number of fused-ring (bicyclic) bond motifs is 1. The van der Waals surface area contributed by atoms with Gasteiger partial charge in [-0.15, -0.1) is 0 Å². The van der Waals surface area contributed by atoms with Crippen LogP contribution in [0.25, 0.3) is 22.3 Å². The van der Waals surface area contributed by atoms with E-state index in [-0.39, 0.29) is 5.54 Å². The lowest BCUT2D eigenvalue weighted by molar-refractivity contribution is -0.221. The van der Waals surface area contributed by atoms with Crippen LogP contribution in [0.15, 0.2) is 30.7 Å². The van der Waals surface area contributed by atoms with Crippen molar-refractivity contribution in [2.75, 3.05) is 32.9 Å². The molecule has 192 valence electrons. The van der Waals surface area contributed by atoms with Crippen LogP contribution in [0.4, 0.5) is 0 Å². The number of hydrogen-bond donors (Lipinski definition) is 0. The summed E-state index contributed by atoms with van der Waals surface area (Å²) in [7, 11) is -1.08. The molecular weight excluding hydrogens is 466 g/mol. The van der Waals surface area contributed by atoms with E-state index in [2.05, 4.69) is 58.2 Å². The van der Waals surface area contributed by atoms with Gasteiger partial charge in [-0.2, -0.15) is 0 Å². The second-order valence-electron chi connectivity index (χ2n) is 13.0. The van der Waals surface area contributed by atoms with E-state index in [1.54, 1.807) is 0 Å². The molecule has 0 N–H and O–H groups in total. The lowest BCUT2D eigenvalue weighted by atomic mass is 9.43. The van der Waals surface area contributed by atoms with Crippen LogP contribution in [0, 0.1) is 0 Å². The Hall–Kier alpha value is -2.00. The van der Waals surface area contributed by atoms with Crippen molar-refractivity contribution in [3.63, 3.8) is 0 Å². The van der Waals surface area contributed by atoms with Gasteiger partial charge in [0.2, 0.25) is 0 Å². The summed E-state index contributed by atoms with van der Waals surface area (Å²) in [6.07, 6.45) is 12.8. The zero-order valence-electron chi connectivity index (χ0n) is 22.0. The maximum Gasteiger partial charge on any atom is 0.122 e. The number of ether oxygens (including phenoxy) is 2. The molecular formula is C28H39N5O2Si. The van der Waals surface area contributed by atoms with Crippen molar-refractivity contribution in [2.45, 2.75) is 81.5 Å². The summed E-state index contributed by atoms with van der Waals surface area (Å²) in [4.78, 5) is 12.7. The van der Waals surface area contributed by atoms with E-state index in [1.807, 2.05) is 6.20 Å². The fourth-order valence-electron chi connectivity index (χ4n) is 6.71. The SMILES string of the molecule is C[Si](C)(C)CCOCn1ccc2ncc(-c3cn(C45CC(N6CCOCC6)(C4)C5)c(C4CC4)n3)cc21. The quantitative estimate of drug-likeness (QED) is 0.301. The molecule has 0 atom stereocenters. The summed E-state index contributed by atoms with van der Waals surface area (Å²) in [5, 5.41) is 0. The van der Waals surface area contributed by atoms with Gasteiger partial charge in [0.05, 0.1) is 35.5 Å². The minimum atomic E-state index is -1.08. The predicted octanol–water partition coefficient (Wildman–Crippen LogP) is 5.05. The van der Waals surface area contributed by atoms with Gasteiger partial charge in [-0.05, 0) is 50.3 Å². The van der Waals surface area contributed by atoms with Crippen LogP contribution in [-0.2, 0) is 21.7 Å². The van der Waals surface area contributed by atoms with Crippen molar-refractivity contribution in [3.8, 4) is 11.3 Å². The first-order chi connectivity index (χ1) is 17.3. The standard InChI is InChI=1S/C28H39N5O2Si/c1-36(2,3)13-12-35-20-31-7-6-23-25(31)14-22(15-29-23)24-16-33(26(30-24)21-4-5-21)28-17-27(18-28,19-28)32-8-10-34-11-9-32/h6-7,14-16,21H,4-5,8-13,17-20H2,1-3H3. The van der Waals surface area contributed by atoms with Crippen molar-refractivity contribution in [2.24, 2.45) is 0 Å². The lowest BCUT2D eigenvalue weighted by Crippen LogP contribution is -2.79. The third kappa shape index (κ3) is 3.88. The smallest absolute Gasteiger partial charge is 0.122 e. The van der Waals surface area contributed by atoms with Crippen molar-refractivity contribution < 1.29 is 9.47 Å². The van der Waals surface area contributed by atoms with Crippen LogP contribution in [-0.4, -0.2) is 70.5 Å². The molecule has 4 aliphatic carbocycles. The van der Waals surface area contributed by atoms with Crippen molar-refractivity contribution in [3.05, 3.63) is 36.5 Å². The average Bonchev–Trinajstić information content (AvgIpc) is 3.43. The molecule has 1 aliphatic heterocycles. The monoisotopic (exact) mass is 505 g/mol. The Morgan fingerprint density at radius 3 is 2.61 bits per heavy atom. The van der Waals surface area contributed by atoms with Gasteiger partial charge in [0, 0.05) is 63.4 Å². The molecule has 8 heteroatoms. The minimum absolute atomic E-state index is 0.281. The van der Waals surface area contributed by atoms with E-state index in [0.29, 0.717) is 18.2 Å². The molecule has 3 aromatic rings. The Bertz CT molecular complexity index is 1260. The van der Waals surface area contributed by atoms with E-state index in [0.717, 1.165) is 55.2 Å². The fraction of sp³-hybridized carbons (Fsp3) is 0.643. The number of imidazole rings is 1. The summed E-state index contributed by atoms with van der Waals surface area (Å²) < 4.78 is 16.4. The highest BCUT2D eigenvalue weighted by atomic mass is 28.3. The molecule has 5 aliphatic rings. The molecule has 4 heterocycles. The van der Waals surface area contributed by atoms with Gasteiger partial charge in [0.15, 0.2) is 0 Å². The molecule has 7 nitrogen and oxygen atoms in total. The summed E-state index contributed by atoms with van der Waals surface area (Å²) >= 11 is 0. The number of nitrogens with zero attached hydrogens (tertiary/aromatic N) is 5. The third-order valence-corrected chi connectivity index (χ3v) is 10.7. The molecule has 0 radical (unpaired) electrons. The van der Waals surface area contributed by atoms with Crippen LogP contribution in [0.5, 0.6) is 0 Å². The minimum Gasteiger partial charge on any atom is -0.379 e. The van der Waals surface area contributed by atoms with Crippen molar-refractivity contribution >= 4 is 19.1 Å². The first kappa shape index (κ1) is 23.1. The van der Waals surface area contributed by atoms with Crippen LogP contribution < -0.4 is 0 Å². The maximum atomic E-state index is 6.04. The highest BCUT2D eigenvalue weighted by molar-refractivity contribution is 6.76. The number of aromatic nitrogens is 4. The first-order valence-corrected chi connectivity index (χ1v) is 17.5. The Morgan fingerprint density at radius 1 is 1.11 bits per heavy atom.